The van der Waals surface area contributed by atoms with E-state index in [1.54, 1.807) is 30.5 Å². The summed E-state index contributed by atoms with van der Waals surface area (Å²) in [6.07, 6.45) is -1.77. The smallest absolute Gasteiger partial charge is 0.390 e. The van der Waals surface area contributed by atoms with Crippen LogP contribution in [0.4, 0.5) is 18.9 Å². The van der Waals surface area contributed by atoms with Crippen molar-refractivity contribution in [1.82, 2.24) is 4.98 Å². The third kappa shape index (κ3) is 5.60. The molecule has 0 saturated carbocycles. The number of aromatic amines is 1. The summed E-state index contributed by atoms with van der Waals surface area (Å²) in [4.78, 5) is 27.6. The minimum atomic E-state index is -4.29. The van der Waals surface area contributed by atoms with Crippen LogP contribution in [-0.4, -0.2) is 35.5 Å². The number of H-pyrrole nitrogens is 1. The maximum atomic E-state index is 12.5. The zero-order valence-corrected chi connectivity index (χ0v) is 15.6. The Morgan fingerprint density at radius 2 is 1.97 bits per heavy atom. The molecule has 1 heterocycles. The fourth-order valence-corrected chi connectivity index (χ4v) is 3.27. The van der Waals surface area contributed by atoms with Crippen LogP contribution in [0.15, 0.2) is 30.5 Å². The monoisotopic (exact) mass is 409 g/mol. The molecule has 1 atom stereocenters. The van der Waals surface area contributed by atoms with Crippen molar-refractivity contribution in [3.05, 3.63) is 47.3 Å². The van der Waals surface area contributed by atoms with Gasteiger partial charge in [0.15, 0.2) is 5.78 Å². The van der Waals surface area contributed by atoms with Gasteiger partial charge >= 0.3 is 6.18 Å². The van der Waals surface area contributed by atoms with E-state index in [4.69, 9.17) is 10.5 Å². The lowest BCUT2D eigenvalue weighted by atomic mass is 9.93. The first kappa shape index (κ1) is 20.9. The van der Waals surface area contributed by atoms with Crippen LogP contribution >= 0.6 is 0 Å². The third-order valence-corrected chi connectivity index (χ3v) is 4.68. The molecule has 4 N–H and O–H groups in total. The van der Waals surface area contributed by atoms with Crippen LogP contribution in [0.1, 0.15) is 52.1 Å². The molecule has 0 aliphatic heterocycles. The Morgan fingerprint density at radius 3 is 2.66 bits per heavy atom. The van der Waals surface area contributed by atoms with Crippen molar-refractivity contribution in [2.24, 2.45) is 5.73 Å². The SMILES string of the molecule is NC(CCOc1ccc(NC(=O)c2c[nH]c3c2C(=O)CCC3)cc1)CC(F)(F)F. The van der Waals surface area contributed by atoms with Crippen molar-refractivity contribution in [3.63, 3.8) is 0 Å². The molecule has 0 saturated heterocycles. The number of hydrogen-bond acceptors (Lipinski definition) is 4. The van der Waals surface area contributed by atoms with E-state index in [0.29, 0.717) is 29.0 Å². The minimum absolute atomic E-state index is 0.0369. The number of aryl methyl sites for hydroxylation is 1. The zero-order valence-electron chi connectivity index (χ0n) is 15.6. The second kappa shape index (κ2) is 8.69. The molecule has 29 heavy (non-hydrogen) atoms. The molecular formula is C20H22F3N3O3. The predicted octanol–water partition coefficient (Wildman–Crippen LogP) is 3.83. The fraction of sp³-hybridized carbons (Fsp3) is 0.400. The molecule has 0 radical (unpaired) electrons. The molecule has 1 aromatic heterocycles. The first-order chi connectivity index (χ1) is 13.7. The number of rotatable bonds is 7. The molecule has 156 valence electrons. The van der Waals surface area contributed by atoms with Gasteiger partial charge in [-0.05, 0) is 43.5 Å². The number of carbonyl (C=O) groups excluding carboxylic acids is 2. The number of nitrogens with one attached hydrogen (secondary N) is 2. The normalized spacial score (nSPS) is 15.0. The lowest BCUT2D eigenvalue weighted by molar-refractivity contribution is -0.138. The molecule has 0 spiro atoms. The highest BCUT2D eigenvalue weighted by molar-refractivity contribution is 6.13. The van der Waals surface area contributed by atoms with Crippen LogP contribution in [0.2, 0.25) is 0 Å². The maximum Gasteiger partial charge on any atom is 0.390 e. The number of halogens is 3. The van der Waals surface area contributed by atoms with Crippen LogP contribution in [0.3, 0.4) is 0 Å². The molecule has 0 fully saturated rings. The summed E-state index contributed by atoms with van der Waals surface area (Å²) in [6, 6.07) is 5.42. The Hall–Kier alpha value is -2.81. The molecule has 1 aromatic carbocycles. The molecule has 1 amide bonds. The summed E-state index contributed by atoms with van der Waals surface area (Å²) in [5.74, 6) is 0.0334. The number of alkyl halides is 3. The highest BCUT2D eigenvalue weighted by atomic mass is 19.4. The highest BCUT2D eigenvalue weighted by Gasteiger charge is 2.30. The number of fused-ring (bicyclic) bond motifs is 1. The van der Waals surface area contributed by atoms with Gasteiger partial charge in [0, 0.05) is 30.0 Å². The molecule has 3 rings (SSSR count). The molecule has 1 aliphatic rings. The van der Waals surface area contributed by atoms with Gasteiger partial charge < -0.3 is 20.8 Å². The van der Waals surface area contributed by atoms with Gasteiger partial charge in [-0.3, -0.25) is 9.59 Å². The molecule has 1 aliphatic carbocycles. The number of anilines is 1. The molecule has 1 unspecified atom stereocenters. The molecule has 2 aromatic rings. The number of amides is 1. The van der Waals surface area contributed by atoms with Crippen LogP contribution in [0.25, 0.3) is 0 Å². The molecule has 6 nitrogen and oxygen atoms in total. The topological polar surface area (TPSA) is 97.2 Å². The van der Waals surface area contributed by atoms with E-state index in [2.05, 4.69) is 10.3 Å². The van der Waals surface area contributed by atoms with E-state index in [9.17, 15) is 22.8 Å². The summed E-state index contributed by atoms with van der Waals surface area (Å²) in [5.41, 5.74) is 7.52. The Balaban J connectivity index is 1.53. The summed E-state index contributed by atoms with van der Waals surface area (Å²) < 4.78 is 42.1. The van der Waals surface area contributed by atoms with Crippen molar-refractivity contribution < 1.29 is 27.5 Å². The molecule has 0 bridgehead atoms. The first-order valence-electron chi connectivity index (χ1n) is 9.33. The van der Waals surface area contributed by atoms with Gasteiger partial charge in [-0.2, -0.15) is 13.2 Å². The van der Waals surface area contributed by atoms with Crippen LogP contribution < -0.4 is 15.8 Å². The lowest BCUT2D eigenvalue weighted by Crippen LogP contribution is -2.29. The van der Waals surface area contributed by atoms with Crippen LogP contribution in [-0.2, 0) is 6.42 Å². The fourth-order valence-electron chi connectivity index (χ4n) is 3.27. The van der Waals surface area contributed by atoms with Gasteiger partial charge in [-0.15, -0.1) is 0 Å². The summed E-state index contributed by atoms with van der Waals surface area (Å²) in [6.45, 7) is 0.0561. The van der Waals surface area contributed by atoms with Gasteiger partial charge in [-0.1, -0.05) is 0 Å². The molecular weight excluding hydrogens is 387 g/mol. The maximum absolute atomic E-state index is 12.5. The van der Waals surface area contributed by atoms with Crippen molar-refractivity contribution >= 4 is 17.4 Å². The van der Waals surface area contributed by atoms with E-state index < -0.39 is 18.6 Å². The molecule has 9 heteroatoms. The van der Waals surface area contributed by atoms with Crippen LogP contribution in [0, 0.1) is 0 Å². The van der Waals surface area contributed by atoms with Crippen molar-refractivity contribution in [2.45, 2.75) is 44.3 Å². The van der Waals surface area contributed by atoms with E-state index in [0.717, 1.165) is 18.5 Å². The quantitative estimate of drug-likeness (QED) is 0.647. The standard InChI is InChI=1S/C20H22F3N3O3/c21-20(22,23)10-12(24)8-9-29-14-6-4-13(5-7-14)26-19(28)15-11-25-16-2-1-3-17(27)18(15)16/h4-7,11-12,25H,1-3,8-10,24H2,(H,26,28). The number of hydrogen-bond donors (Lipinski definition) is 3. The average molecular weight is 409 g/mol. The Kier molecular flexibility index (Phi) is 6.26. The van der Waals surface area contributed by atoms with Crippen molar-refractivity contribution in [1.29, 1.82) is 0 Å². The number of benzene rings is 1. The van der Waals surface area contributed by atoms with Gasteiger partial charge in [0.1, 0.15) is 5.75 Å². The van der Waals surface area contributed by atoms with Gasteiger partial charge in [0.05, 0.1) is 24.2 Å². The Bertz CT molecular complexity index is 875. The highest BCUT2D eigenvalue weighted by Crippen LogP contribution is 2.25. The van der Waals surface area contributed by atoms with Gasteiger partial charge in [-0.25, -0.2) is 0 Å². The third-order valence-electron chi connectivity index (χ3n) is 4.68. The number of Topliss-reactive ketones (excluding diaryl/α,β-unsaturated/α-hetero) is 1. The second-order valence-corrected chi connectivity index (χ2v) is 7.03. The van der Waals surface area contributed by atoms with E-state index in [1.165, 1.54) is 0 Å². The summed E-state index contributed by atoms with van der Waals surface area (Å²) in [5, 5.41) is 2.73. The van der Waals surface area contributed by atoms with Crippen molar-refractivity contribution in [2.75, 3.05) is 11.9 Å². The van der Waals surface area contributed by atoms with Gasteiger partial charge in [0.25, 0.3) is 5.91 Å². The average Bonchev–Trinajstić information content (AvgIpc) is 3.07. The summed E-state index contributed by atoms with van der Waals surface area (Å²) in [7, 11) is 0. The first-order valence-corrected chi connectivity index (χ1v) is 9.33. The van der Waals surface area contributed by atoms with Crippen molar-refractivity contribution in [3.8, 4) is 5.75 Å². The zero-order chi connectivity index (χ0) is 21.0. The van der Waals surface area contributed by atoms with Crippen LogP contribution in [0.5, 0.6) is 5.75 Å². The van der Waals surface area contributed by atoms with Gasteiger partial charge in [0.2, 0.25) is 0 Å². The largest absolute Gasteiger partial charge is 0.494 e. The Morgan fingerprint density at radius 1 is 1.24 bits per heavy atom. The van der Waals surface area contributed by atoms with E-state index in [1.807, 2.05) is 0 Å². The number of ether oxygens (including phenoxy) is 1. The minimum Gasteiger partial charge on any atom is -0.494 e. The lowest BCUT2D eigenvalue weighted by Gasteiger charge is -2.14. The number of carbonyl (C=O) groups is 2. The predicted molar refractivity (Wildman–Crippen MR) is 101 cm³/mol. The summed E-state index contributed by atoms with van der Waals surface area (Å²) >= 11 is 0. The van der Waals surface area contributed by atoms with E-state index in [-0.39, 0.29) is 24.7 Å². The Labute approximate surface area is 165 Å². The number of ketones is 1. The number of aromatic nitrogens is 1. The number of nitrogens with two attached hydrogens (primary N) is 1. The second-order valence-electron chi connectivity index (χ2n) is 7.03. The van der Waals surface area contributed by atoms with E-state index >= 15 is 0 Å².